The van der Waals surface area contributed by atoms with Gasteiger partial charge in [-0.05, 0) is 17.7 Å². The first-order chi connectivity index (χ1) is 10.7. The minimum atomic E-state index is -1.24. The summed E-state index contributed by atoms with van der Waals surface area (Å²) in [6, 6.07) is 15.1. The predicted octanol–water partition coefficient (Wildman–Crippen LogP) is 2.86. The number of aliphatic hydroxyl groups is 1. The van der Waals surface area contributed by atoms with Gasteiger partial charge < -0.3 is 9.67 Å². The molecule has 2 heterocycles. The first-order valence-corrected chi connectivity index (χ1v) is 7.08. The summed E-state index contributed by atoms with van der Waals surface area (Å²) in [7, 11) is 0. The van der Waals surface area contributed by atoms with E-state index in [1.807, 2.05) is 54.7 Å². The van der Waals surface area contributed by atoms with E-state index in [9.17, 15) is 5.11 Å². The van der Waals surface area contributed by atoms with Gasteiger partial charge in [0.25, 0.3) is 0 Å². The van der Waals surface area contributed by atoms with Crippen molar-refractivity contribution in [3.05, 3.63) is 90.8 Å². The van der Waals surface area contributed by atoms with Crippen LogP contribution in [0.1, 0.15) is 17.1 Å². The highest BCUT2D eigenvalue weighted by molar-refractivity contribution is 5.34. The Balaban J connectivity index is 2.10. The number of hydrogen-bond acceptors (Lipinski definition) is 3. The number of hydrogen-bond donors (Lipinski definition) is 1. The molecule has 2 aromatic heterocycles. The summed E-state index contributed by atoms with van der Waals surface area (Å²) in [6.45, 7) is 3.77. The third-order valence-corrected chi connectivity index (χ3v) is 3.70. The van der Waals surface area contributed by atoms with E-state index >= 15 is 0 Å². The van der Waals surface area contributed by atoms with Gasteiger partial charge in [0.1, 0.15) is 11.4 Å². The second kappa shape index (κ2) is 5.95. The first-order valence-electron chi connectivity index (χ1n) is 7.08. The minimum absolute atomic E-state index is 0.313. The number of imidazole rings is 1. The topological polar surface area (TPSA) is 50.9 Å². The molecule has 0 fully saturated rings. The maximum atomic E-state index is 11.4. The lowest BCUT2D eigenvalue weighted by molar-refractivity contribution is 0.0740. The van der Waals surface area contributed by atoms with E-state index in [2.05, 4.69) is 16.5 Å². The van der Waals surface area contributed by atoms with Gasteiger partial charge in [0, 0.05) is 31.2 Å². The summed E-state index contributed by atoms with van der Waals surface area (Å²) >= 11 is 0. The molecule has 0 aliphatic heterocycles. The monoisotopic (exact) mass is 291 g/mol. The third-order valence-electron chi connectivity index (χ3n) is 3.70. The standard InChI is InChI=1S/C18H17N3O/c1-2-21-13-12-20-17(21)14-18(22,15-8-4-3-5-9-15)16-10-6-7-11-19-16/h2-13,22H,1,14H2. The van der Waals surface area contributed by atoms with Crippen LogP contribution in [-0.2, 0) is 12.0 Å². The molecule has 0 aliphatic carbocycles. The third kappa shape index (κ3) is 2.56. The van der Waals surface area contributed by atoms with Crippen LogP contribution in [0.3, 0.4) is 0 Å². The summed E-state index contributed by atoms with van der Waals surface area (Å²) in [5, 5.41) is 11.4. The largest absolute Gasteiger partial charge is 0.378 e. The minimum Gasteiger partial charge on any atom is -0.378 e. The second-order valence-electron chi connectivity index (χ2n) is 5.05. The van der Waals surface area contributed by atoms with Crippen molar-refractivity contribution in [1.82, 2.24) is 14.5 Å². The SMILES string of the molecule is C=Cn1ccnc1CC(O)(c1ccccc1)c1ccccn1. The Kier molecular flexibility index (Phi) is 3.85. The quantitative estimate of drug-likeness (QED) is 0.786. The Bertz CT molecular complexity index is 711. The molecular weight excluding hydrogens is 274 g/mol. The average Bonchev–Trinajstić information content (AvgIpc) is 3.03. The summed E-state index contributed by atoms with van der Waals surface area (Å²) < 4.78 is 1.80. The number of pyridine rings is 1. The molecule has 0 radical (unpaired) electrons. The Morgan fingerprint density at radius 2 is 1.82 bits per heavy atom. The second-order valence-corrected chi connectivity index (χ2v) is 5.05. The molecule has 0 bridgehead atoms. The number of aromatic nitrogens is 3. The van der Waals surface area contributed by atoms with Crippen molar-refractivity contribution in [3.63, 3.8) is 0 Å². The van der Waals surface area contributed by atoms with Crippen LogP contribution in [0.15, 0.2) is 73.7 Å². The van der Waals surface area contributed by atoms with Crippen molar-refractivity contribution in [2.75, 3.05) is 0 Å². The highest BCUT2D eigenvalue weighted by Crippen LogP contribution is 2.31. The maximum absolute atomic E-state index is 11.4. The van der Waals surface area contributed by atoms with Gasteiger partial charge in [0.2, 0.25) is 0 Å². The number of benzene rings is 1. The molecule has 4 nitrogen and oxygen atoms in total. The van der Waals surface area contributed by atoms with Crippen LogP contribution >= 0.6 is 0 Å². The lowest BCUT2D eigenvalue weighted by Crippen LogP contribution is -2.32. The molecule has 22 heavy (non-hydrogen) atoms. The van der Waals surface area contributed by atoms with E-state index in [1.165, 1.54) is 0 Å². The molecule has 0 aliphatic rings. The summed E-state index contributed by atoms with van der Waals surface area (Å²) in [5.41, 5.74) is 0.140. The van der Waals surface area contributed by atoms with Gasteiger partial charge in [0.15, 0.2) is 0 Å². The summed E-state index contributed by atoms with van der Waals surface area (Å²) in [5.74, 6) is 0.729. The average molecular weight is 291 g/mol. The summed E-state index contributed by atoms with van der Waals surface area (Å²) in [4.78, 5) is 8.68. The lowest BCUT2D eigenvalue weighted by Gasteiger charge is -2.28. The van der Waals surface area contributed by atoms with Crippen LogP contribution in [0, 0.1) is 0 Å². The van der Waals surface area contributed by atoms with Crippen LogP contribution in [0.5, 0.6) is 0 Å². The van der Waals surface area contributed by atoms with E-state index in [0.717, 1.165) is 11.4 Å². The molecule has 0 saturated carbocycles. The predicted molar refractivity (Wildman–Crippen MR) is 86.0 cm³/mol. The van der Waals surface area contributed by atoms with Gasteiger partial charge in [-0.15, -0.1) is 0 Å². The summed E-state index contributed by atoms with van der Waals surface area (Å²) in [6.07, 6.45) is 7.18. The zero-order valence-corrected chi connectivity index (χ0v) is 12.1. The Morgan fingerprint density at radius 3 is 2.50 bits per heavy atom. The number of nitrogens with zero attached hydrogens (tertiary/aromatic N) is 3. The van der Waals surface area contributed by atoms with E-state index in [-0.39, 0.29) is 0 Å². The normalized spacial score (nSPS) is 13.5. The van der Waals surface area contributed by atoms with Crippen LogP contribution in [0.4, 0.5) is 0 Å². The fourth-order valence-electron chi connectivity index (χ4n) is 2.54. The van der Waals surface area contributed by atoms with Crippen molar-refractivity contribution in [3.8, 4) is 0 Å². The molecule has 3 rings (SSSR count). The maximum Gasteiger partial charge on any atom is 0.138 e. The lowest BCUT2D eigenvalue weighted by atomic mass is 9.86. The van der Waals surface area contributed by atoms with Gasteiger partial charge in [-0.3, -0.25) is 4.98 Å². The Hall–Kier alpha value is -2.72. The van der Waals surface area contributed by atoms with E-state index in [1.54, 1.807) is 23.2 Å². The van der Waals surface area contributed by atoms with Crippen molar-refractivity contribution in [2.24, 2.45) is 0 Å². The smallest absolute Gasteiger partial charge is 0.138 e. The molecule has 1 aromatic carbocycles. The van der Waals surface area contributed by atoms with E-state index < -0.39 is 5.60 Å². The fourth-order valence-corrected chi connectivity index (χ4v) is 2.54. The molecule has 3 aromatic rings. The molecule has 1 unspecified atom stereocenters. The van der Waals surface area contributed by atoms with Gasteiger partial charge in [-0.1, -0.05) is 43.0 Å². The molecule has 110 valence electrons. The van der Waals surface area contributed by atoms with Gasteiger partial charge >= 0.3 is 0 Å². The molecule has 0 amide bonds. The molecule has 0 saturated heterocycles. The highest BCUT2D eigenvalue weighted by Gasteiger charge is 2.34. The molecule has 1 N–H and O–H groups in total. The number of rotatable bonds is 5. The highest BCUT2D eigenvalue weighted by atomic mass is 16.3. The van der Waals surface area contributed by atoms with E-state index in [0.29, 0.717) is 12.1 Å². The molecule has 1 atom stereocenters. The van der Waals surface area contributed by atoms with Crippen LogP contribution < -0.4 is 0 Å². The van der Waals surface area contributed by atoms with Crippen molar-refractivity contribution in [2.45, 2.75) is 12.0 Å². The molecule has 4 heteroatoms. The first kappa shape index (κ1) is 14.2. The van der Waals surface area contributed by atoms with Crippen molar-refractivity contribution >= 4 is 6.20 Å². The Labute approximate surface area is 129 Å². The Morgan fingerprint density at radius 1 is 1.05 bits per heavy atom. The van der Waals surface area contributed by atoms with Crippen molar-refractivity contribution in [1.29, 1.82) is 0 Å². The molecular formula is C18H17N3O. The zero-order valence-electron chi connectivity index (χ0n) is 12.1. The van der Waals surface area contributed by atoms with E-state index in [4.69, 9.17) is 0 Å². The van der Waals surface area contributed by atoms with Gasteiger partial charge in [-0.25, -0.2) is 4.98 Å². The zero-order chi connectivity index (χ0) is 15.4. The van der Waals surface area contributed by atoms with Crippen LogP contribution in [0.2, 0.25) is 0 Å². The fraction of sp³-hybridized carbons (Fsp3) is 0.111. The van der Waals surface area contributed by atoms with Crippen LogP contribution in [0.25, 0.3) is 6.20 Å². The van der Waals surface area contributed by atoms with Crippen molar-refractivity contribution < 1.29 is 5.11 Å². The van der Waals surface area contributed by atoms with Gasteiger partial charge in [0.05, 0.1) is 5.69 Å². The van der Waals surface area contributed by atoms with Crippen LogP contribution in [-0.4, -0.2) is 19.6 Å². The molecule has 0 spiro atoms. The van der Waals surface area contributed by atoms with Gasteiger partial charge in [-0.2, -0.15) is 0 Å².